The van der Waals surface area contributed by atoms with Crippen LogP contribution in [0.15, 0.2) is 10.7 Å². The lowest BCUT2D eigenvalue weighted by Gasteiger charge is -2.22. The smallest absolute Gasteiger partial charge is 0.133 e. The van der Waals surface area contributed by atoms with Crippen LogP contribution in [0.25, 0.3) is 0 Å². The highest BCUT2D eigenvalue weighted by Crippen LogP contribution is 2.17. The van der Waals surface area contributed by atoms with Crippen LogP contribution in [0, 0.1) is 0 Å². The normalized spacial score (nSPS) is 10.5. The second-order valence-corrected chi connectivity index (χ2v) is 4.34. The van der Waals surface area contributed by atoms with Crippen molar-refractivity contribution < 1.29 is 5.11 Å². The van der Waals surface area contributed by atoms with Crippen LogP contribution in [0.3, 0.4) is 0 Å². The molecule has 4 nitrogen and oxygen atoms in total. The Kier molecular flexibility index (Phi) is 5.69. The fourth-order valence-electron chi connectivity index (χ4n) is 1.50. The van der Waals surface area contributed by atoms with Crippen LogP contribution in [-0.4, -0.2) is 34.8 Å². The Labute approximate surface area is 105 Å². The van der Waals surface area contributed by atoms with Crippen molar-refractivity contribution >= 4 is 21.7 Å². The van der Waals surface area contributed by atoms with Crippen LogP contribution in [0.1, 0.15) is 26.1 Å². The number of rotatable bonds is 6. The minimum atomic E-state index is 0.142. The molecule has 0 atom stereocenters. The monoisotopic (exact) mass is 287 g/mol. The third kappa shape index (κ3) is 3.72. The van der Waals surface area contributed by atoms with Crippen molar-refractivity contribution in [3.8, 4) is 0 Å². The number of aryl methyl sites for hydroxylation is 1. The van der Waals surface area contributed by atoms with E-state index in [1.807, 2.05) is 13.0 Å². The zero-order valence-corrected chi connectivity index (χ0v) is 11.4. The Morgan fingerprint density at radius 3 is 2.62 bits per heavy atom. The van der Waals surface area contributed by atoms with E-state index in [4.69, 9.17) is 5.11 Å². The molecule has 1 aromatic rings. The molecule has 0 spiro atoms. The molecule has 0 radical (unpaired) electrons. The molecule has 1 N–H and O–H groups in total. The summed E-state index contributed by atoms with van der Waals surface area (Å²) in [6, 6.07) is 1.89. The highest BCUT2D eigenvalue weighted by molar-refractivity contribution is 9.10. The molecule has 0 aliphatic heterocycles. The van der Waals surface area contributed by atoms with E-state index >= 15 is 0 Å². The van der Waals surface area contributed by atoms with Gasteiger partial charge >= 0.3 is 0 Å². The number of aliphatic hydroxyl groups is 1. The summed E-state index contributed by atoms with van der Waals surface area (Å²) >= 11 is 3.38. The first-order chi connectivity index (χ1) is 7.71. The largest absolute Gasteiger partial charge is 0.395 e. The molecule has 1 rings (SSSR count). The molecule has 0 aromatic carbocycles. The van der Waals surface area contributed by atoms with Crippen molar-refractivity contribution in [3.05, 3.63) is 16.5 Å². The van der Waals surface area contributed by atoms with Gasteiger partial charge in [0.25, 0.3) is 0 Å². The Balaban J connectivity index is 2.93. The number of aliphatic hydroxyl groups excluding tert-OH is 1. The fourth-order valence-corrected chi connectivity index (χ4v) is 1.91. The van der Waals surface area contributed by atoms with Gasteiger partial charge in [0.2, 0.25) is 0 Å². The lowest BCUT2D eigenvalue weighted by Crippen LogP contribution is -2.28. The third-order valence-corrected chi connectivity index (χ3v) is 2.64. The summed E-state index contributed by atoms with van der Waals surface area (Å²) in [4.78, 5) is 10.8. The van der Waals surface area contributed by atoms with Gasteiger partial charge < -0.3 is 10.0 Å². The number of aromatic nitrogens is 2. The van der Waals surface area contributed by atoms with Crippen LogP contribution in [0.2, 0.25) is 0 Å². The van der Waals surface area contributed by atoms with Crippen molar-refractivity contribution in [1.82, 2.24) is 9.97 Å². The van der Waals surface area contributed by atoms with Crippen LogP contribution in [0.5, 0.6) is 0 Å². The molecule has 90 valence electrons. The summed E-state index contributed by atoms with van der Waals surface area (Å²) in [5.74, 6) is 1.71. The second kappa shape index (κ2) is 6.81. The average molecular weight is 288 g/mol. The van der Waals surface area contributed by atoms with E-state index in [-0.39, 0.29) is 6.61 Å². The molecule has 0 bridgehead atoms. The molecule has 0 saturated carbocycles. The molecular weight excluding hydrogens is 270 g/mol. The predicted octanol–water partition coefficient (Wildman–Crippen LogP) is 2.01. The van der Waals surface area contributed by atoms with E-state index in [1.165, 1.54) is 0 Å². The average Bonchev–Trinajstić information content (AvgIpc) is 2.28. The number of hydrogen-bond acceptors (Lipinski definition) is 4. The van der Waals surface area contributed by atoms with Crippen molar-refractivity contribution in [3.63, 3.8) is 0 Å². The summed E-state index contributed by atoms with van der Waals surface area (Å²) in [5.41, 5.74) is 0. The Morgan fingerprint density at radius 2 is 2.06 bits per heavy atom. The first-order valence-corrected chi connectivity index (χ1v) is 6.39. The van der Waals surface area contributed by atoms with E-state index in [9.17, 15) is 0 Å². The van der Waals surface area contributed by atoms with E-state index < -0.39 is 0 Å². The van der Waals surface area contributed by atoms with Crippen LogP contribution in [-0.2, 0) is 6.42 Å². The summed E-state index contributed by atoms with van der Waals surface area (Å²) in [5, 5.41) is 9.02. The molecule has 1 heterocycles. The molecular formula is C11H18BrN3O. The van der Waals surface area contributed by atoms with Gasteiger partial charge in [-0.1, -0.05) is 13.8 Å². The number of nitrogens with zero attached hydrogens (tertiary/aromatic N) is 3. The van der Waals surface area contributed by atoms with E-state index in [0.29, 0.717) is 6.54 Å². The van der Waals surface area contributed by atoms with Crippen LogP contribution < -0.4 is 4.90 Å². The lowest BCUT2D eigenvalue weighted by atomic mass is 10.3. The van der Waals surface area contributed by atoms with Gasteiger partial charge in [-0.25, -0.2) is 9.97 Å². The molecule has 0 aliphatic rings. The zero-order chi connectivity index (χ0) is 12.0. The van der Waals surface area contributed by atoms with E-state index in [1.54, 1.807) is 0 Å². The second-order valence-electron chi connectivity index (χ2n) is 3.53. The van der Waals surface area contributed by atoms with Gasteiger partial charge in [-0.2, -0.15) is 0 Å². The topological polar surface area (TPSA) is 49.2 Å². The van der Waals surface area contributed by atoms with Gasteiger partial charge in [-0.05, 0) is 22.4 Å². The Hall–Kier alpha value is -0.680. The maximum Gasteiger partial charge on any atom is 0.133 e. The van der Waals surface area contributed by atoms with Gasteiger partial charge in [-0.15, -0.1) is 0 Å². The highest BCUT2D eigenvalue weighted by Gasteiger charge is 2.09. The highest BCUT2D eigenvalue weighted by atomic mass is 79.9. The van der Waals surface area contributed by atoms with E-state index in [0.717, 1.165) is 35.6 Å². The van der Waals surface area contributed by atoms with Gasteiger partial charge in [0.05, 0.1) is 6.61 Å². The van der Waals surface area contributed by atoms with Crippen molar-refractivity contribution in [2.45, 2.75) is 26.7 Å². The lowest BCUT2D eigenvalue weighted by molar-refractivity contribution is 0.301. The van der Waals surface area contributed by atoms with Gasteiger partial charge in [0.1, 0.15) is 16.2 Å². The molecule has 0 aliphatic carbocycles. The number of halogens is 1. The predicted molar refractivity (Wildman–Crippen MR) is 68.7 cm³/mol. The standard InChI is InChI=1S/C11H18BrN3O/c1-3-5-15(6-7-16)11-8-9(12)13-10(4-2)14-11/h8,16H,3-7H2,1-2H3. The molecule has 5 heteroatoms. The van der Waals surface area contributed by atoms with Crippen molar-refractivity contribution in [2.24, 2.45) is 0 Å². The first kappa shape index (κ1) is 13.4. The molecule has 0 fully saturated rings. The minimum Gasteiger partial charge on any atom is -0.395 e. The Bertz CT molecular complexity index is 327. The number of hydrogen-bond donors (Lipinski definition) is 1. The maximum absolute atomic E-state index is 9.02. The summed E-state index contributed by atoms with van der Waals surface area (Å²) in [7, 11) is 0. The fraction of sp³-hybridized carbons (Fsp3) is 0.636. The number of anilines is 1. The van der Waals surface area contributed by atoms with Gasteiger partial charge in [0, 0.05) is 25.6 Å². The molecule has 0 unspecified atom stereocenters. The third-order valence-electron chi connectivity index (χ3n) is 2.23. The summed E-state index contributed by atoms with van der Waals surface area (Å²) in [6.45, 7) is 5.79. The minimum absolute atomic E-state index is 0.142. The maximum atomic E-state index is 9.02. The Morgan fingerprint density at radius 1 is 1.31 bits per heavy atom. The van der Waals surface area contributed by atoms with Crippen molar-refractivity contribution in [1.29, 1.82) is 0 Å². The molecule has 0 amide bonds. The SMILES string of the molecule is CCCN(CCO)c1cc(Br)nc(CC)n1. The summed E-state index contributed by atoms with van der Waals surface area (Å²) in [6.07, 6.45) is 1.84. The van der Waals surface area contributed by atoms with Crippen LogP contribution in [0.4, 0.5) is 5.82 Å². The van der Waals surface area contributed by atoms with Gasteiger partial charge in [0.15, 0.2) is 0 Å². The zero-order valence-electron chi connectivity index (χ0n) is 9.78. The summed E-state index contributed by atoms with van der Waals surface area (Å²) < 4.78 is 0.799. The van der Waals surface area contributed by atoms with Gasteiger partial charge in [-0.3, -0.25) is 0 Å². The van der Waals surface area contributed by atoms with E-state index in [2.05, 4.69) is 37.7 Å². The van der Waals surface area contributed by atoms with Crippen LogP contribution >= 0.6 is 15.9 Å². The molecule has 0 saturated heterocycles. The quantitative estimate of drug-likeness (QED) is 0.814. The first-order valence-electron chi connectivity index (χ1n) is 5.60. The molecule has 16 heavy (non-hydrogen) atoms. The van der Waals surface area contributed by atoms with Crippen molar-refractivity contribution in [2.75, 3.05) is 24.6 Å². The molecule has 1 aromatic heterocycles.